The SMILES string of the molecule is Cc1ccc(C)c(Cc2nnc(CN)s2)c1. The number of hydrogen-bond donors (Lipinski definition) is 1. The van der Waals surface area contributed by atoms with E-state index < -0.39 is 0 Å². The molecule has 0 aliphatic heterocycles. The molecule has 3 nitrogen and oxygen atoms in total. The van der Waals surface area contributed by atoms with Crippen LogP contribution in [0.2, 0.25) is 0 Å². The molecule has 0 saturated heterocycles. The molecule has 2 N–H and O–H groups in total. The summed E-state index contributed by atoms with van der Waals surface area (Å²) in [6, 6.07) is 6.48. The third kappa shape index (κ3) is 2.46. The van der Waals surface area contributed by atoms with Gasteiger partial charge in [0, 0.05) is 13.0 Å². The molecule has 0 unspecified atom stereocenters. The Morgan fingerprint density at radius 3 is 2.62 bits per heavy atom. The van der Waals surface area contributed by atoms with Crippen LogP contribution in [0.5, 0.6) is 0 Å². The van der Waals surface area contributed by atoms with Crippen molar-refractivity contribution in [2.24, 2.45) is 5.73 Å². The monoisotopic (exact) mass is 233 g/mol. The summed E-state index contributed by atoms with van der Waals surface area (Å²) in [5.41, 5.74) is 9.42. The Morgan fingerprint density at radius 1 is 1.19 bits per heavy atom. The van der Waals surface area contributed by atoms with E-state index in [9.17, 15) is 0 Å². The molecule has 0 aliphatic carbocycles. The number of rotatable bonds is 3. The number of nitrogens with two attached hydrogens (primary N) is 1. The van der Waals surface area contributed by atoms with E-state index in [0.29, 0.717) is 6.54 Å². The molecule has 16 heavy (non-hydrogen) atoms. The Labute approximate surface area is 99.3 Å². The van der Waals surface area contributed by atoms with Crippen LogP contribution in [-0.4, -0.2) is 10.2 Å². The lowest BCUT2D eigenvalue weighted by atomic mass is 10.0. The molecule has 0 atom stereocenters. The first-order valence-electron chi connectivity index (χ1n) is 5.26. The van der Waals surface area contributed by atoms with E-state index in [1.807, 2.05) is 0 Å². The van der Waals surface area contributed by atoms with Crippen LogP contribution in [0, 0.1) is 13.8 Å². The van der Waals surface area contributed by atoms with Crippen molar-refractivity contribution in [1.29, 1.82) is 0 Å². The second-order valence-corrected chi connectivity index (χ2v) is 5.05. The van der Waals surface area contributed by atoms with Crippen LogP contribution in [0.3, 0.4) is 0 Å². The molecule has 0 bridgehead atoms. The third-order valence-electron chi connectivity index (χ3n) is 2.53. The number of nitrogens with zero attached hydrogens (tertiary/aromatic N) is 2. The predicted molar refractivity (Wildman–Crippen MR) is 66.5 cm³/mol. The molecule has 1 aromatic carbocycles. The van der Waals surface area contributed by atoms with Crippen LogP contribution < -0.4 is 5.73 Å². The van der Waals surface area contributed by atoms with Crippen LogP contribution in [0.25, 0.3) is 0 Å². The Balaban J connectivity index is 2.22. The van der Waals surface area contributed by atoms with Gasteiger partial charge in [-0.25, -0.2) is 0 Å². The molecule has 2 rings (SSSR count). The number of benzene rings is 1. The molecule has 0 saturated carbocycles. The quantitative estimate of drug-likeness (QED) is 0.884. The highest BCUT2D eigenvalue weighted by Crippen LogP contribution is 2.18. The predicted octanol–water partition coefficient (Wildman–Crippen LogP) is 2.20. The molecule has 4 heteroatoms. The zero-order valence-corrected chi connectivity index (χ0v) is 10.3. The van der Waals surface area contributed by atoms with Gasteiger partial charge in [-0.05, 0) is 25.0 Å². The summed E-state index contributed by atoms with van der Waals surface area (Å²) < 4.78 is 0. The fraction of sp³-hybridized carbons (Fsp3) is 0.333. The summed E-state index contributed by atoms with van der Waals surface area (Å²) in [6.07, 6.45) is 0.852. The summed E-state index contributed by atoms with van der Waals surface area (Å²) in [5, 5.41) is 10.1. The van der Waals surface area contributed by atoms with E-state index in [1.165, 1.54) is 16.7 Å². The van der Waals surface area contributed by atoms with Crippen LogP contribution in [-0.2, 0) is 13.0 Å². The highest BCUT2D eigenvalue weighted by atomic mass is 32.1. The molecular formula is C12H15N3S. The summed E-state index contributed by atoms with van der Waals surface area (Å²) in [7, 11) is 0. The van der Waals surface area contributed by atoms with Gasteiger partial charge in [-0.15, -0.1) is 10.2 Å². The highest BCUT2D eigenvalue weighted by Gasteiger charge is 2.06. The van der Waals surface area contributed by atoms with Crippen molar-refractivity contribution in [2.75, 3.05) is 0 Å². The van der Waals surface area contributed by atoms with Gasteiger partial charge in [-0.2, -0.15) is 0 Å². The molecular weight excluding hydrogens is 218 g/mol. The van der Waals surface area contributed by atoms with Crippen molar-refractivity contribution >= 4 is 11.3 Å². The Morgan fingerprint density at radius 2 is 1.94 bits per heavy atom. The van der Waals surface area contributed by atoms with Gasteiger partial charge in [0.1, 0.15) is 10.0 Å². The van der Waals surface area contributed by atoms with Crippen molar-refractivity contribution in [3.05, 3.63) is 44.9 Å². The lowest BCUT2D eigenvalue weighted by molar-refractivity contribution is 0.928. The van der Waals surface area contributed by atoms with Crippen molar-refractivity contribution < 1.29 is 0 Å². The third-order valence-corrected chi connectivity index (χ3v) is 3.48. The fourth-order valence-corrected chi connectivity index (χ4v) is 2.34. The van der Waals surface area contributed by atoms with Gasteiger partial charge < -0.3 is 5.73 Å². The van der Waals surface area contributed by atoms with E-state index in [4.69, 9.17) is 5.73 Å². The fourth-order valence-electron chi connectivity index (χ4n) is 1.60. The largest absolute Gasteiger partial charge is 0.324 e. The van der Waals surface area contributed by atoms with E-state index in [1.54, 1.807) is 11.3 Å². The van der Waals surface area contributed by atoms with Crippen molar-refractivity contribution in [2.45, 2.75) is 26.8 Å². The van der Waals surface area contributed by atoms with Crippen molar-refractivity contribution in [3.8, 4) is 0 Å². The van der Waals surface area contributed by atoms with Crippen molar-refractivity contribution in [1.82, 2.24) is 10.2 Å². The first kappa shape index (κ1) is 11.2. The van der Waals surface area contributed by atoms with Gasteiger partial charge in [0.05, 0.1) is 0 Å². The number of aryl methyl sites for hydroxylation is 2. The first-order valence-corrected chi connectivity index (χ1v) is 6.08. The first-order chi connectivity index (χ1) is 7.69. The van der Waals surface area contributed by atoms with Crippen LogP contribution >= 0.6 is 11.3 Å². The second-order valence-electron chi connectivity index (χ2n) is 3.90. The standard InChI is InChI=1S/C12H15N3S/c1-8-3-4-9(2)10(5-8)6-11-14-15-12(7-13)16-11/h3-5H,6-7,13H2,1-2H3. The van der Waals surface area contributed by atoms with E-state index >= 15 is 0 Å². The zero-order chi connectivity index (χ0) is 11.5. The normalized spacial score (nSPS) is 10.7. The maximum Gasteiger partial charge on any atom is 0.131 e. The number of hydrogen-bond acceptors (Lipinski definition) is 4. The van der Waals surface area contributed by atoms with Gasteiger partial charge in [0.2, 0.25) is 0 Å². The molecule has 0 radical (unpaired) electrons. The second kappa shape index (κ2) is 4.72. The minimum absolute atomic E-state index is 0.477. The maximum absolute atomic E-state index is 5.52. The van der Waals surface area contributed by atoms with Crippen LogP contribution in [0.4, 0.5) is 0 Å². The van der Waals surface area contributed by atoms with Gasteiger partial charge in [0.15, 0.2) is 0 Å². The van der Waals surface area contributed by atoms with Crippen LogP contribution in [0.1, 0.15) is 26.7 Å². The summed E-state index contributed by atoms with van der Waals surface area (Å²) >= 11 is 1.60. The van der Waals surface area contributed by atoms with E-state index in [0.717, 1.165) is 16.4 Å². The molecule has 84 valence electrons. The number of aromatic nitrogens is 2. The van der Waals surface area contributed by atoms with E-state index in [2.05, 4.69) is 42.2 Å². The molecule has 1 heterocycles. The van der Waals surface area contributed by atoms with Gasteiger partial charge in [0.25, 0.3) is 0 Å². The Kier molecular flexibility index (Phi) is 3.31. The molecule has 2 aromatic rings. The Bertz CT molecular complexity index is 491. The summed E-state index contributed by atoms with van der Waals surface area (Å²) in [4.78, 5) is 0. The van der Waals surface area contributed by atoms with E-state index in [-0.39, 0.29) is 0 Å². The average molecular weight is 233 g/mol. The lowest BCUT2D eigenvalue weighted by Gasteiger charge is -2.04. The molecule has 0 spiro atoms. The lowest BCUT2D eigenvalue weighted by Crippen LogP contribution is -1.94. The smallest absolute Gasteiger partial charge is 0.131 e. The zero-order valence-electron chi connectivity index (χ0n) is 9.53. The highest BCUT2D eigenvalue weighted by molar-refractivity contribution is 7.11. The van der Waals surface area contributed by atoms with Gasteiger partial charge in [-0.1, -0.05) is 35.1 Å². The molecule has 1 aromatic heterocycles. The molecule has 0 aliphatic rings. The van der Waals surface area contributed by atoms with Crippen LogP contribution in [0.15, 0.2) is 18.2 Å². The van der Waals surface area contributed by atoms with Gasteiger partial charge in [-0.3, -0.25) is 0 Å². The topological polar surface area (TPSA) is 51.8 Å². The van der Waals surface area contributed by atoms with Crippen molar-refractivity contribution in [3.63, 3.8) is 0 Å². The molecule has 0 fully saturated rings. The van der Waals surface area contributed by atoms with Gasteiger partial charge >= 0.3 is 0 Å². The average Bonchev–Trinajstić information content (AvgIpc) is 2.71. The minimum atomic E-state index is 0.477. The molecule has 0 amide bonds. The Hall–Kier alpha value is -1.26. The maximum atomic E-state index is 5.52. The summed E-state index contributed by atoms with van der Waals surface area (Å²) in [6.45, 7) is 4.71. The minimum Gasteiger partial charge on any atom is -0.324 e. The summed E-state index contributed by atoms with van der Waals surface area (Å²) in [5.74, 6) is 0.